The minimum atomic E-state index is -0.776. The van der Waals surface area contributed by atoms with E-state index in [2.05, 4.69) is 9.98 Å². The maximum absolute atomic E-state index is 10.2. The fraction of sp³-hybridized carbons (Fsp3) is 0.300. The van der Waals surface area contributed by atoms with Crippen LogP contribution >= 0.6 is 0 Å². The van der Waals surface area contributed by atoms with Crippen LogP contribution in [0.25, 0.3) is 0 Å². The lowest BCUT2D eigenvalue weighted by Crippen LogP contribution is -1.95. The standard InChI is InChI=1S/C10H12N2O2/c13-10(14)4-2-6-12-8-9-3-1-5-11-7-9/h1,3,5,7-8H,2,4,6H2,(H,13,14)/b12-8+. The molecule has 0 radical (unpaired) electrons. The molecule has 0 bridgehead atoms. The van der Waals surface area contributed by atoms with Gasteiger partial charge >= 0.3 is 5.97 Å². The van der Waals surface area contributed by atoms with Crippen molar-refractivity contribution in [1.82, 2.24) is 4.98 Å². The molecule has 4 nitrogen and oxygen atoms in total. The van der Waals surface area contributed by atoms with Crippen LogP contribution in [-0.2, 0) is 4.79 Å². The zero-order valence-electron chi connectivity index (χ0n) is 7.76. The molecule has 0 fully saturated rings. The van der Waals surface area contributed by atoms with Gasteiger partial charge in [0.15, 0.2) is 0 Å². The molecule has 0 spiro atoms. The van der Waals surface area contributed by atoms with Crippen molar-refractivity contribution in [2.75, 3.05) is 6.54 Å². The Balaban J connectivity index is 2.25. The SMILES string of the molecule is O=C(O)CCC/N=C/c1cccnc1. The number of carboxylic acids is 1. The third kappa shape index (κ3) is 4.35. The van der Waals surface area contributed by atoms with Crippen molar-refractivity contribution in [3.05, 3.63) is 30.1 Å². The Hall–Kier alpha value is -1.71. The van der Waals surface area contributed by atoms with Crippen LogP contribution < -0.4 is 0 Å². The molecule has 0 amide bonds. The van der Waals surface area contributed by atoms with Crippen molar-refractivity contribution in [2.45, 2.75) is 12.8 Å². The Labute approximate surface area is 82.3 Å². The number of aliphatic carboxylic acids is 1. The molecule has 0 aromatic carbocycles. The molecule has 0 atom stereocenters. The Bertz CT molecular complexity index is 309. The highest BCUT2D eigenvalue weighted by molar-refractivity contribution is 5.78. The molecule has 0 aliphatic carbocycles. The lowest BCUT2D eigenvalue weighted by atomic mass is 10.3. The van der Waals surface area contributed by atoms with E-state index in [0.717, 1.165) is 5.56 Å². The first-order chi connectivity index (χ1) is 6.79. The molecule has 14 heavy (non-hydrogen) atoms. The molecule has 1 aromatic heterocycles. The number of nitrogens with zero attached hydrogens (tertiary/aromatic N) is 2. The summed E-state index contributed by atoms with van der Waals surface area (Å²) in [7, 11) is 0. The summed E-state index contributed by atoms with van der Waals surface area (Å²) in [6.07, 6.45) is 5.85. The second-order valence-corrected chi connectivity index (χ2v) is 2.82. The number of carbonyl (C=O) groups is 1. The van der Waals surface area contributed by atoms with Gasteiger partial charge in [-0.05, 0) is 12.5 Å². The van der Waals surface area contributed by atoms with E-state index in [4.69, 9.17) is 5.11 Å². The van der Waals surface area contributed by atoms with Gasteiger partial charge in [-0.1, -0.05) is 6.07 Å². The summed E-state index contributed by atoms with van der Waals surface area (Å²) in [5.74, 6) is -0.776. The van der Waals surface area contributed by atoms with Crippen LogP contribution in [-0.4, -0.2) is 28.8 Å². The number of aromatic nitrogens is 1. The second-order valence-electron chi connectivity index (χ2n) is 2.82. The highest BCUT2D eigenvalue weighted by atomic mass is 16.4. The van der Waals surface area contributed by atoms with Crippen LogP contribution in [0.1, 0.15) is 18.4 Å². The Kier molecular flexibility index (Phi) is 4.34. The highest BCUT2D eigenvalue weighted by Gasteiger charge is 1.93. The summed E-state index contributed by atoms with van der Waals surface area (Å²) < 4.78 is 0. The van der Waals surface area contributed by atoms with Gasteiger partial charge in [-0.2, -0.15) is 0 Å². The molecule has 1 heterocycles. The Morgan fingerprint density at radius 2 is 2.50 bits per heavy atom. The third-order valence-electron chi connectivity index (χ3n) is 1.60. The van der Waals surface area contributed by atoms with Crippen LogP contribution in [0.15, 0.2) is 29.5 Å². The maximum Gasteiger partial charge on any atom is 0.303 e. The average molecular weight is 192 g/mol. The first-order valence-electron chi connectivity index (χ1n) is 4.40. The number of hydrogen-bond donors (Lipinski definition) is 1. The lowest BCUT2D eigenvalue weighted by Gasteiger charge is -1.92. The normalized spacial score (nSPS) is 10.6. The van der Waals surface area contributed by atoms with E-state index < -0.39 is 5.97 Å². The van der Waals surface area contributed by atoms with Gasteiger partial charge in [-0.3, -0.25) is 14.8 Å². The largest absolute Gasteiger partial charge is 0.481 e. The fourth-order valence-corrected chi connectivity index (χ4v) is 0.944. The number of pyridine rings is 1. The third-order valence-corrected chi connectivity index (χ3v) is 1.60. The van der Waals surface area contributed by atoms with E-state index in [1.807, 2.05) is 12.1 Å². The van der Waals surface area contributed by atoms with E-state index in [1.54, 1.807) is 18.6 Å². The smallest absolute Gasteiger partial charge is 0.303 e. The quantitative estimate of drug-likeness (QED) is 0.566. The van der Waals surface area contributed by atoms with Crippen LogP contribution in [0.3, 0.4) is 0 Å². The molecule has 0 aliphatic heterocycles. The van der Waals surface area contributed by atoms with Crippen LogP contribution in [0.5, 0.6) is 0 Å². The summed E-state index contributed by atoms with van der Waals surface area (Å²) in [6, 6.07) is 3.73. The molecular weight excluding hydrogens is 180 g/mol. The summed E-state index contributed by atoms with van der Waals surface area (Å²) in [6.45, 7) is 0.543. The van der Waals surface area contributed by atoms with Gasteiger partial charge in [-0.15, -0.1) is 0 Å². The fourth-order valence-electron chi connectivity index (χ4n) is 0.944. The molecule has 1 rings (SSSR count). The zero-order chi connectivity index (χ0) is 10.2. The minimum absolute atomic E-state index is 0.171. The van der Waals surface area contributed by atoms with Crippen LogP contribution in [0.2, 0.25) is 0 Å². The van der Waals surface area contributed by atoms with Crippen molar-refractivity contribution in [3.63, 3.8) is 0 Å². The molecule has 0 aliphatic rings. The van der Waals surface area contributed by atoms with Gasteiger partial charge in [0.2, 0.25) is 0 Å². The van der Waals surface area contributed by atoms with Gasteiger partial charge in [0, 0.05) is 37.1 Å². The summed E-state index contributed by atoms with van der Waals surface area (Å²) in [5.41, 5.74) is 0.933. The zero-order valence-corrected chi connectivity index (χ0v) is 7.76. The van der Waals surface area contributed by atoms with E-state index in [0.29, 0.717) is 13.0 Å². The number of hydrogen-bond acceptors (Lipinski definition) is 3. The maximum atomic E-state index is 10.2. The Morgan fingerprint density at radius 3 is 3.14 bits per heavy atom. The van der Waals surface area contributed by atoms with Crippen molar-refractivity contribution in [3.8, 4) is 0 Å². The van der Waals surface area contributed by atoms with E-state index in [1.165, 1.54) is 0 Å². The first-order valence-corrected chi connectivity index (χ1v) is 4.40. The molecule has 0 unspecified atom stereocenters. The summed E-state index contributed by atoms with van der Waals surface area (Å²) in [5, 5.41) is 8.37. The first kappa shape index (κ1) is 10.4. The van der Waals surface area contributed by atoms with Crippen molar-refractivity contribution < 1.29 is 9.90 Å². The van der Waals surface area contributed by atoms with E-state index in [-0.39, 0.29) is 6.42 Å². The number of carboxylic acid groups (broad SMARTS) is 1. The van der Waals surface area contributed by atoms with Gasteiger partial charge in [0.25, 0.3) is 0 Å². The minimum Gasteiger partial charge on any atom is -0.481 e. The summed E-state index contributed by atoms with van der Waals surface area (Å²) >= 11 is 0. The van der Waals surface area contributed by atoms with Crippen LogP contribution in [0, 0.1) is 0 Å². The molecular formula is C10H12N2O2. The van der Waals surface area contributed by atoms with Gasteiger partial charge in [0.1, 0.15) is 0 Å². The Morgan fingerprint density at radius 1 is 1.64 bits per heavy atom. The molecule has 74 valence electrons. The van der Waals surface area contributed by atoms with Crippen molar-refractivity contribution in [2.24, 2.45) is 4.99 Å². The topological polar surface area (TPSA) is 62.5 Å². The van der Waals surface area contributed by atoms with Crippen molar-refractivity contribution in [1.29, 1.82) is 0 Å². The van der Waals surface area contributed by atoms with E-state index in [9.17, 15) is 4.79 Å². The highest BCUT2D eigenvalue weighted by Crippen LogP contribution is 1.93. The predicted octanol–water partition coefficient (Wildman–Crippen LogP) is 1.37. The molecule has 0 saturated carbocycles. The monoisotopic (exact) mass is 192 g/mol. The second kappa shape index (κ2) is 5.85. The average Bonchev–Trinajstić information content (AvgIpc) is 2.18. The number of aliphatic imine (C=N–C) groups is 1. The molecule has 1 aromatic rings. The van der Waals surface area contributed by atoms with E-state index >= 15 is 0 Å². The van der Waals surface area contributed by atoms with Crippen LogP contribution in [0.4, 0.5) is 0 Å². The van der Waals surface area contributed by atoms with Gasteiger partial charge < -0.3 is 5.11 Å². The lowest BCUT2D eigenvalue weighted by molar-refractivity contribution is -0.137. The van der Waals surface area contributed by atoms with Crippen molar-refractivity contribution >= 4 is 12.2 Å². The molecule has 4 heteroatoms. The predicted molar refractivity (Wildman–Crippen MR) is 53.6 cm³/mol. The molecule has 0 saturated heterocycles. The van der Waals surface area contributed by atoms with Gasteiger partial charge in [-0.25, -0.2) is 0 Å². The summed E-state index contributed by atoms with van der Waals surface area (Å²) in [4.78, 5) is 18.2. The van der Waals surface area contributed by atoms with Gasteiger partial charge in [0.05, 0.1) is 0 Å². The molecule has 1 N–H and O–H groups in total. The number of rotatable bonds is 5.